The molecule has 6 heteroatoms. The first kappa shape index (κ1) is 11.3. The van der Waals surface area contributed by atoms with Crippen LogP contribution in [0.4, 0.5) is 5.69 Å². The number of fused-ring (bicyclic) bond motifs is 1. The molecule has 3 rings (SSSR count). The third-order valence-corrected chi connectivity index (χ3v) is 2.93. The minimum atomic E-state index is -0.381. The normalized spacial score (nSPS) is 10.7. The van der Waals surface area contributed by atoms with Crippen molar-refractivity contribution >= 4 is 16.7 Å². The molecule has 0 fully saturated rings. The number of aromatic nitrogens is 3. The van der Waals surface area contributed by atoms with Gasteiger partial charge in [0, 0.05) is 6.07 Å². The highest BCUT2D eigenvalue weighted by Crippen LogP contribution is 2.20. The van der Waals surface area contributed by atoms with E-state index in [9.17, 15) is 10.1 Å². The highest BCUT2D eigenvalue weighted by atomic mass is 16.6. The van der Waals surface area contributed by atoms with Crippen molar-refractivity contribution in [2.45, 2.75) is 6.54 Å². The van der Waals surface area contributed by atoms with Crippen LogP contribution < -0.4 is 0 Å². The molecule has 94 valence electrons. The van der Waals surface area contributed by atoms with Gasteiger partial charge in [0.05, 0.1) is 22.5 Å². The zero-order valence-corrected chi connectivity index (χ0v) is 9.93. The lowest BCUT2D eigenvalue weighted by Gasteiger charge is -2.03. The van der Waals surface area contributed by atoms with Crippen LogP contribution in [-0.4, -0.2) is 19.9 Å². The predicted molar refractivity (Wildman–Crippen MR) is 69.7 cm³/mol. The number of hydrogen-bond donors (Lipinski definition) is 0. The molecule has 0 N–H and O–H groups in total. The summed E-state index contributed by atoms with van der Waals surface area (Å²) in [6, 6.07) is 14.2. The predicted octanol–water partition coefficient (Wildman–Crippen LogP) is 2.39. The van der Waals surface area contributed by atoms with Gasteiger partial charge in [0.25, 0.3) is 5.69 Å². The third-order valence-electron chi connectivity index (χ3n) is 2.93. The molecule has 2 aromatic carbocycles. The number of benzene rings is 2. The Kier molecular flexibility index (Phi) is 2.68. The zero-order valence-electron chi connectivity index (χ0n) is 9.93. The molecule has 0 unspecified atom stereocenters. The summed E-state index contributed by atoms with van der Waals surface area (Å²) in [6.07, 6.45) is 0. The maximum Gasteiger partial charge on any atom is 0.274 e. The zero-order chi connectivity index (χ0) is 13.2. The molecule has 1 heterocycles. The summed E-state index contributed by atoms with van der Waals surface area (Å²) >= 11 is 0. The fraction of sp³-hybridized carbons (Fsp3) is 0.0769. The lowest BCUT2D eigenvalue weighted by Crippen LogP contribution is -2.04. The van der Waals surface area contributed by atoms with E-state index < -0.39 is 0 Å². The molecule has 0 aliphatic carbocycles. The van der Waals surface area contributed by atoms with Crippen molar-refractivity contribution in [1.29, 1.82) is 0 Å². The summed E-state index contributed by atoms with van der Waals surface area (Å²) < 4.78 is 1.66. The van der Waals surface area contributed by atoms with Crippen LogP contribution in [-0.2, 0) is 6.54 Å². The van der Waals surface area contributed by atoms with Gasteiger partial charge in [-0.05, 0) is 12.1 Å². The standard InChI is InChI=1S/C13H10N4O2/c18-17(19)12-7-3-1-5-10(12)9-16-13-8-4-2-6-11(13)14-15-16/h1-8H,9H2. The fourth-order valence-corrected chi connectivity index (χ4v) is 2.02. The van der Waals surface area contributed by atoms with Gasteiger partial charge in [-0.15, -0.1) is 5.10 Å². The van der Waals surface area contributed by atoms with E-state index in [0.29, 0.717) is 12.1 Å². The van der Waals surface area contributed by atoms with Crippen LogP contribution in [0.2, 0.25) is 0 Å². The van der Waals surface area contributed by atoms with Crippen molar-refractivity contribution in [2.24, 2.45) is 0 Å². The van der Waals surface area contributed by atoms with Gasteiger partial charge in [-0.3, -0.25) is 10.1 Å². The summed E-state index contributed by atoms with van der Waals surface area (Å²) in [5.41, 5.74) is 2.35. The third kappa shape index (κ3) is 2.03. The molecule has 0 saturated heterocycles. The minimum Gasteiger partial charge on any atom is -0.258 e. The number of nitrogens with zero attached hydrogens (tertiary/aromatic N) is 4. The van der Waals surface area contributed by atoms with Crippen LogP contribution in [0.1, 0.15) is 5.56 Å². The highest BCUT2D eigenvalue weighted by Gasteiger charge is 2.14. The Bertz CT molecular complexity index is 751. The number of para-hydroxylation sites is 2. The first-order valence-electron chi connectivity index (χ1n) is 5.76. The highest BCUT2D eigenvalue weighted by molar-refractivity contribution is 5.74. The van der Waals surface area contributed by atoms with Gasteiger partial charge in [0.1, 0.15) is 5.52 Å². The van der Waals surface area contributed by atoms with Crippen LogP contribution in [0.3, 0.4) is 0 Å². The lowest BCUT2D eigenvalue weighted by atomic mass is 10.2. The number of hydrogen-bond acceptors (Lipinski definition) is 4. The second kappa shape index (κ2) is 4.49. The number of rotatable bonds is 3. The van der Waals surface area contributed by atoms with Gasteiger partial charge in [0.15, 0.2) is 0 Å². The van der Waals surface area contributed by atoms with Gasteiger partial charge in [-0.2, -0.15) is 0 Å². The van der Waals surface area contributed by atoms with E-state index in [1.165, 1.54) is 6.07 Å². The van der Waals surface area contributed by atoms with Gasteiger partial charge >= 0.3 is 0 Å². The average Bonchev–Trinajstić information content (AvgIpc) is 2.83. The molecule has 3 aromatic rings. The van der Waals surface area contributed by atoms with E-state index in [1.807, 2.05) is 24.3 Å². The number of nitro benzene ring substituents is 1. The fourth-order valence-electron chi connectivity index (χ4n) is 2.02. The van der Waals surface area contributed by atoms with Crippen LogP contribution in [0.25, 0.3) is 11.0 Å². The molecule has 0 bridgehead atoms. The Morgan fingerprint density at radius 2 is 1.84 bits per heavy atom. The molecule has 1 aromatic heterocycles. The summed E-state index contributed by atoms with van der Waals surface area (Å²) in [7, 11) is 0. The van der Waals surface area contributed by atoms with Crippen molar-refractivity contribution in [3.05, 3.63) is 64.2 Å². The quantitative estimate of drug-likeness (QED) is 0.531. The molecule has 0 aliphatic rings. The summed E-state index contributed by atoms with van der Waals surface area (Å²) in [6.45, 7) is 0.331. The minimum absolute atomic E-state index is 0.0991. The Balaban J connectivity index is 2.04. The van der Waals surface area contributed by atoms with Crippen LogP contribution in [0, 0.1) is 10.1 Å². The molecule has 6 nitrogen and oxygen atoms in total. The molecule has 0 radical (unpaired) electrons. The molecular formula is C13H10N4O2. The molecule has 0 spiro atoms. The maximum absolute atomic E-state index is 11.0. The topological polar surface area (TPSA) is 73.8 Å². The van der Waals surface area contributed by atoms with E-state index >= 15 is 0 Å². The summed E-state index contributed by atoms with van der Waals surface area (Å²) in [5, 5.41) is 19.0. The second-order valence-corrected chi connectivity index (χ2v) is 4.12. The van der Waals surface area contributed by atoms with E-state index in [2.05, 4.69) is 10.3 Å². The lowest BCUT2D eigenvalue weighted by molar-refractivity contribution is -0.385. The van der Waals surface area contributed by atoms with E-state index in [4.69, 9.17) is 0 Å². The first-order chi connectivity index (χ1) is 9.25. The van der Waals surface area contributed by atoms with Gasteiger partial charge in [0.2, 0.25) is 0 Å². The van der Waals surface area contributed by atoms with Crippen molar-refractivity contribution in [2.75, 3.05) is 0 Å². The summed E-state index contributed by atoms with van der Waals surface area (Å²) in [5.74, 6) is 0. The average molecular weight is 254 g/mol. The number of nitro groups is 1. The molecule has 0 atom stereocenters. The Morgan fingerprint density at radius 3 is 2.68 bits per heavy atom. The smallest absolute Gasteiger partial charge is 0.258 e. The van der Waals surface area contributed by atoms with Crippen molar-refractivity contribution < 1.29 is 4.92 Å². The molecule has 19 heavy (non-hydrogen) atoms. The maximum atomic E-state index is 11.0. The van der Waals surface area contributed by atoms with Crippen LogP contribution in [0.15, 0.2) is 48.5 Å². The van der Waals surface area contributed by atoms with Gasteiger partial charge in [-0.25, -0.2) is 4.68 Å². The Morgan fingerprint density at radius 1 is 1.11 bits per heavy atom. The van der Waals surface area contributed by atoms with E-state index in [1.54, 1.807) is 22.9 Å². The van der Waals surface area contributed by atoms with Crippen LogP contribution in [0.5, 0.6) is 0 Å². The van der Waals surface area contributed by atoms with Crippen molar-refractivity contribution in [3.63, 3.8) is 0 Å². The first-order valence-corrected chi connectivity index (χ1v) is 5.76. The van der Waals surface area contributed by atoms with E-state index in [-0.39, 0.29) is 10.6 Å². The molecular weight excluding hydrogens is 244 g/mol. The summed E-state index contributed by atoms with van der Waals surface area (Å²) in [4.78, 5) is 10.6. The van der Waals surface area contributed by atoms with E-state index in [0.717, 1.165) is 11.0 Å². The molecule has 0 amide bonds. The Hall–Kier alpha value is -2.76. The van der Waals surface area contributed by atoms with Crippen molar-refractivity contribution in [1.82, 2.24) is 15.0 Å². The van der Waals surface area contributed by atoms with Gasteiger partial charge in [-0.1, -0.05) is 35.5 Å². The van der Waals surface area contributed by atoms with Crippen LogP contribution >= 0.6 is 0 Å². The monoisotopic (exact) mass is 254 g/mol. The van der Waals surface area contributed by atoms with Crippen molar-refractivity contribution in [3.8, 4) is 0 Å². The van der Waals surface area contributed by atoms with Gasteiger partial charge < -0.3 is 0 Å². The molecule has 0 saturated carbocycles. The molecule has 0 aliphatic heterocycles. The Labute approximate surface area is 108 Å². The largest absolute Gasteiger partial charge is 0.274 e. The SMILES string of the molecule is O=[N+]([O-])c1ccccc1Cn1nnc2ccccc21. The second-order valence-electron chi connectivity index (χ2n) is 4.12.